The SMILES string of the molecule is CN(C)c1ccnc(NC2CCC(CNC(=O)OCc3ccccc3)CC2)n1. The van der Waals surface area contributed by atoms with Crippen LogP contribution in [0.2, 0.25) is 0 Å². The van der Waals surface area contributed by atoms with E-state index in [0.717, 1.165) is 37.1 Å². The Morgan fingerprint density at radius 1 is 1.14 bits per heavy atom. The summed E-state index contributed by atoms with van der Waals surface area (Å²) in [6.07, 6.45) is 5.63. The molecule has 0 spiro atoms. The van der Waals surface area contributed by atoms with E-state index in [4.69, 9.17) is 4.74 Å². The van der Waals surface area contributed by atoms with Crippen LogP contribution in [-0.2, 0) is 11.3 Å². The Morgan fingerprint density at radius 2 is 1.89 bits per heavy atom. The van der Waals surface area contributed by atoms with Gasteiger partial charge >= 0.3 is 6.09 Å². The van der Waals surface area contributed by atoms with Crippen LogP contribution in [0.4, 0.5) is 16.6 Å². The number of nitrogens with one attached hydrogen (secondary N) is 2. The molecule has 1 saturated carbocycles. The molecule has 3 rings (SSSR count). The predicted molar refractivity (Wildman–Crippen MR) is 110 cm³/mol. The Labute approximate surface area is 166 Å². The highest BCUT2D eigenvalue weighted by Gasteiger charge is 2.22. The second-order valence-corrected chi connectivity index (χ2v) is 7.44. The van der Waals surface area contributed by atoms with E-state index in [1.807, 2.05) is 55.4 Å². The van der Waals surface area contributed by atoms with Gasteiger partial charge in [-0.1, -0.05) is 30.3 Å². The third-order valence-electron chi connectivity index (χ3n) is 5.03. The first-order chi connectivity index (χ1) is 13.6. The maximum Gasteiger partial charge on any atom is 0.407 e. The molecule has 1 aliphatic rings. The molecule has 0 saturated heterocycles. The Hall–Kier alpha value is -2.83. The molecule has 7 heteroatoms. The number of benzene rings is 1. The number of anilines is 2. The maximum absolute atomic E-state index is 11.9. The lowest BCUT2D eigenvalue weighted by atomic mass is 9.86. The van der Waals surface area contributed by atoms with Gasteiger partial charge in [-0.3, -0.25) is 0 Å². The second kappa shape index (κ2) is 9.92. The van der Waals surface area contributed by atoms with E-state index in [1.54, 1.807) is 6.20 Å². The predicted octanol–water partition coefficient (Wildman–Crippen LogP) is 3.44. The van der Waals surface area contributed by atoms with Gasteiger partial charge in [-0.15, -0.1) is 0 Å². The summed E-state index contributed by atoms with van der Waals surface area (Å²) >= 11 is 0. The topological polar surface area (TPSA) is 79.4 Å². The van der Waals surface area contributed by atoms with Crippen LogP contribution < -0.4 is 15.5 Å². The van der Waals surface area contributed by atoms with Crippen molar-refractivity contribution < 1.29 is 9.53 Å². The zero-order chi connectivity index (χ0) is 19.8. The number of aromatic nitrogens is 2. The lowest BCUT2D eigenvalue weighted by Gasteiger charge is -2.29. The van der Waals surface area contributed by atoms with Crippen LogP contribution in [-0.4, -0.2) is 42.7 Å². The van der Waals surface area contributed by atoms with Crippen molar-refractivity contribution >= 4 is 17.9 Å². The highest BCUT2D eigenvalue weighted by molar-refractivity contribution is 5.67. The zero-order valence-corrected chi connectivity index (χ0v) is 16.6. The van der Waals surface area contributed by atoms with Gasteiger partial charge in [0.25, 0.3) is 0 Å². The van der Waals surface area contributed by atoms with Crippen LogP contribution >= 0.6 is 0 Å². The molecule has 1 amide bonds. The lowest BCUT2D eigenvalue weighted by molar-refractivity contribution is 0.136. The van der Waals surface area contributed by atoms with Crippen molar-refractivity contribution in [1.29, 1.82) is 0 Å². The Bertz CT molecular complexity index is 745. The van der Waals surface area contributed by atoms with Gasteiger partial charge in [-0.2, -0.15) is 4.98 Å². The summed E-state index contributed by atoms with van der Waals surface area (Å²) in [5.74, 6) is 2.05. The van der Waals surface area contributed by atoms with Crippen molar-refractivity contribution in [3.05, 3.63) is 48.2 Å². The van der Waals surface area contributed by atoms with Crippen LogP contribution in [0.5, 0.6) is 0 Å². The monoisotopic (exact) mass is 383 g/mol. The number of hydrogen-bond donors (Lipinski definition) is 2. The molecule has 0 aliphatic heterocycles. The molecule has 1 aromatic carbocycles. The van der Waals surface area contributed by atoms with Gasteiger partial charge in [0.15, 0.2) is 0 Å². The summed E-state index contributed by atoms with van der Waals surface area (Å²) < 4.78 is 5.27. The fraction of sp³-hybridized carbons (Fsp3) is 0.476. The summed E-state index contributed by atoms with van der Waals surface area (Å²) in [6.45, 7) is 0.961. The summed E-state index contributed by atoms with van der Waals surface area (Å²) in [5, 5.41) is 6.33. The quantitative estimate of drug-likeness (QED) is 0.762. The van der Waals surface area contributed by atoms with Crippen molar-refractivity contribution in [2.75, 3.05) is 30.9 Å². The van der Waals surface area contributed by atoms with Crippen LogP contribution in [0.1, 0.15) is 31.2 Å². The van der Waals surface area contributed by atoms with Crippen molar-refractivity contribution in [3.8, 4) is 0 Å². The first kappa shape index (κ1) is 19.9. The van der Waals surface area contributed by atoms with Gasteiger partial charge in [0.2, 0.25) is 5.95 Å². The van der Waals surface area contributed by atoms with Crippen LogP contribution in [0, 0.1) is 5.92 Å². The first-order valence-corrected chi connectivity index (χ1v) is 9.81. The number of alkyl carbamates (subject to hydrolysis) is 1. The first-order valence-electron chi connectivity index (χ1n) is 9.81. The van der Waals surface area contributed by atoms with Gasteiger partial charge in [0.1, 0.15) is 12.4 Å². The Kier molecular flexibility index (Phi) is 7.06. The van der Waals surface area contributed by atoms with E-state index in [2.05, 4.69) is 20.6 Å². The minimum Gasteiger partial charge on any atom is -0.445 e. The van der Waals surface area contributed by atoms with Gasteiger partial charge in [0.05, 0.1) is 0 Å². The van der Waals surface area contributed by atoms with Gasteiger partial charge in [-0.25, -0.2) is 9.78 Å². The van der Waals surface area contributed by atoms with E-state index in [1.165, 1.54) is 0 Å². The number of amides is 1. The van der Waals surface area contributed by atoms with Crippen LogP contribution in [0.15, 0.2) is 42.6 Å². The summed E-state index contributed by atoms with van der Waals surface area (Å²) in [5.41, 5.74) is 0.991. The van der Waals surface area contributed by atoms with Crippen molar-refractivity contribution in [2.24, 2.45) is 5.92 Å². The summed E-state index contributed by atoms with van der Waals surface area (Å²) in [6, 6.07) is 12.0. The third kappa shape index (κ3) is 6.11. The number of ether oxygens (including phenoxy) is 1. The fourth-order valence-electron chi connectivity index (χ4n) is 3.36. The minimum atomic E-state index is -0.349. The molecule has 150 valence electrons. The molecule has 1 aromatic heterocycles. The highest BCUT2D eigenvalue weighted by atomic mass is 16.5. The number of hydrogen-bond acceptors (Lipinski definition) is 6. The number of carbonyl (C=O) groups is 1. The fourth-order valence-corrected chi connectivity index (χ4v) is 3.36. The highest BCUT2D eigenvalue weighted by Crippen LogP contribution is 2.25. The molecule has 7 nitrogen and oxygen atoms in total. The van der Waals surface area contributed by atoms with E-state index >= 15 is 0 Å². The van der Waals surface area contributed by atoms with Crippen LogP contribution in [0.3, 0.4) is 0 Å². The molecule has 0 unspecified atom stereocenters. The molecule has 0 bridgehead atoms. The average molecular weight is 383 g/mol. The number of rotatable bonds is 7. The van der Waals surface area contributed by atoms with Gasteiger partial charge in [-0.05, 0) is 43.2 Å². The van der Waals surface area contributed by atoms with E-state index < -0.39 is 0 Å². The lowest BCUT2D eigenvalue weighted by Crippen LogP contribution is -2.34. The maximum atomic E-state index is 11.9. The van der Waals surface area contributed by atoms with Crippen molar-refractivity contribution in [3.63, 3.8) is 0 Å². The third-order valence-corrected chi connectivity index (χ3v) is 5.03. The minimum absolute atomic E-state index is 0.301. The van der Waals surface area contributed by atoms with Gasteiger partial charge < -0.3 is 20.3 Å². The summed E-state index contributed by atoms with van der Waals surface area (Å²) in [4.78, 5) is 22.7. The molecular formula is C21H29N5O2. The van der Waals surface area contributed by atoms with Crippen molar-refractivity contribution in [2.45, 2.75) is 38.3 Å². The zero-order valence-electron chi connectivity index (χ0n) is 16.6. The van der Waals surface area contributed by atoms with E-state index in [0.29, 0.717) is 31.1 Å². The standard InChI is InChI=1S/C21H29N5O2/c1-26(2)19-12-13-22-20(25-19)24-18-10-8-16(9-11-18)14-23-21(27)28-15-17-6-4-3-5-7-17/h3-7,12-13,16,18H,8-11,14-15H2,1-2H3,(H,23,27)(H,22,24,25). The van der Waals surface area contributed by atoms with E-state index in [-0.39, 0.29) is 6.09 Å². The van der Waals surface area contributed by atoms with Gasteiger partial charge in [0, 0.05) is 32.9 Å². The normalized spacial score (nSPS) is 18.9. The number of nitrogens with zero attached hydrogens (tertiary/aromatic N) is 3. The largest absolute Gasteiger partial charge is 0.445 e. The van der Waals surface area contributed by atoms with E-state index in [9.17, 15) is 4.79 Å². The average Bonchev–Trinajstić information content (AvgIpc) is 2.72. The Morgan fingerprint density at radius 3 is 2.61 bits per heavy atom. The number of carbonyl (C=O) groups excluding carboxylic acids is 1. The Balaban J connectivity index is 1.35. The molecule has 2 N–H and O–H groups in total. The summed E-state index contributed by atoms with van der Waals surface area (Å²) in [7, 11) is 3.93. The smallest absolute Gasteiger partial charge is 0.407 e. The molecule has 28 heavy (non-hydrogen) atoms. The molecule has 0 atom stereocenters. The van der Waals surface area contributed by atoms with Crippen molar-refractivity contribution in [1.82, 2.24) is 15.3 Å². The van der Waals surface area contributed by atoms with Crippen LogP contribution in [0.25, 0.3) is 0 Å². The molecule has 1 aliphatic carbocycles. The molecule has 2 aromatic rings. The molecule has 1 fully saturated rings. The molecule has 1 heterocycles. The molecular weight excluding hydrogens is 354 g/mol. The second-order valence-electron chi connectivity index (χ2n) is 7.44. The molecule has 0 radical (unpaired) electrons.